The van der Waals surface area contributed by atoms with Crippen molar-refractivity contribution < 1.29 is 9.53 Å². The second kappa shape index (κ2) is 2.65. The van der Waals surface area contributed by atoms with E-state index in [1.54, 1.807) is 6.92 Å². The average molecular weight is 362 g/mol. The Morgan fingerprint density at radius 2 is 1.94 bits per heavy atom. The van der Waals surface area contributed by atoms with Crippen LogP contribution in [-0.2, 0) is 9.53 Å². The topological polar surface area (TPSA) is 26.3 Å². The number of rotatable bonds is 1. The van der Waals surface area contributed by atoms with Crippen LogP contribution in [0.15, 0.2) is 0 Å². The van der Waals surface area contributed by atoms with Crippen LogP contribution < -0.4 is 0 Å². The zero-order valence-corrected chi connectivity index (χ0v) is 12.6. The van der Waals surface area contributed by atoms with E-state index < -0.39 is 0 Å². The molecule has 0 N–H and O–H groups in total. The first-order valence-electron chi connectivity index (χ1n) is 6.56. The second-order valence-corrected chi connectivity index (χ2v) is 8.68. The first kappa shape index (κ1) is 10.2. The van der Waals surface area contributed by atoms with Crippen LogP contribution >= 0.6 is 31.9 Å². The lowest BCUT2D eigenvalue weighted by Gasteiger charge is -2.41. The SMILES string of the molecule is CC(=O)O[C@]12[C@@H]3[C@H](Br)[C@@H]4[C@H]5C[C@H]([C@@H]([C@H]53)[C@H]1Br)[C@H]42. The molecule has 6 aliphatic rings. The molecule has 0 aromatic carbocycles. The lowest BCUT2D eigenvalue weighted by Crippen LogP contribution is -2.49. The zero-order valence-electron chi connectivity index (χ0n) is 9.48. The molecule has 6 rings (SSSR count). The van der Waals surface area contributed by atoms with Gasteiger partial charge in [0.2, 0.25) is 0 Å². The number of hydrogen-bond donors (Lipinski definition) is 0. The Bertz CT molecular complexity index is 449. The summed E-state index contributed by atoms with van der Waals surface area (Å²) in [4.78, 5) is 12.6. The van der Waals surface area contributed by atoms with Crippen LogP contribution in [0, 0.1) is 41.4 Å². The van der Waals surface area contributed by atoms with Crippen LogP contribution in [0.25, 0.3) is 0 Å². The molecule has 0 radical (unpaired) electrons. The van der Waals surface area contributed by atoms with Gasteiger partial charge in [0.1, 0.15) is 5.60 Å². The van der Waals surface area contributed by atoms with Crippen molar-refractivity contribution in [1.82, 2.24) is 0 Å². The summed E-state index contributed by atoms with van der Waals surface area (Å²) in [5.41, 5.74) is -0.155. The predicted octanol–water partition coefficient (Wildman–Crippen LogP) is 2.59. The number of carbonyl (C=O) groups excluding carboxylic acids is 1. The lowest BCUT2D eigenvalue weighted by molar-refractivity contribution is -0.167. The third-order valence-corrected chi connectivity index (χ3v) is 9.11. The van der Waals surface area contributed by atoms with Crippen molar-refractivity contribution in [3.63, 3.8) is 0 Å². The number of alkyl halides is 2. The van der Waals surface area contributed by atoms with E-state index >= 15 is 0 Å². The van der Waals surface area contributed by atoms with E-state index in [9.17, 15) is 4.79 Å². The molecular weight excluding hydrogens is 348 g/mol. The monoisotopic (exact) mass is 360 g/mol. The van der Waals surface area contributed by atoms with Crippen molar-refractivity contribution in [1.29, 1.82) is 0 Å². The minimum Gasteiger partial charge on any atom is -0.457 e. The molecule has 0 aromatic rings. The smallest absolute Gasteiger partial charge is 0.303 e. The molecule has 0 spiro atoms. The molecule has 17 heavy (non-hydrogen) atoms. The number of carbonyl (C=O) groups is 1. The molecule has 0 amide bonds. The van der Waals surface area contributed by atoms with Crippen molar-refractivity contribution >= 4 is 37.8 Å². The van der Waals surface area contributed by atoms with Crippen LogP contribution in [0.5, 0.6) is 0 Å². The Labute approximate surface area is 117 Å². The molecule has 6 saturated carbocycles. The molecule has 10 atom stereocenters. The predicted molar refractivity (Wildman–Crippen MR) is 69.0 cm³/mol. The molecular formula is C13H14Br2O2. The Hall–Kier alpha value is 0.430. The normalized spacial score (nSPS) is 72.1. The van der Waals surface area contributed by atoms with Gasteiger partial charge in [0, 0.05) is 23.6 Å². The van der Waals surface area contributed by atoms with Crippen molar-refractivity contribution in [2.75, 3.05) is 0 Å². The highest BCUT2D eigenvalue weighted by atomic mass is 79.9. The maximum absolute atomic E-state index is 11.5. The summed E-state index contributed by atoms with van der Waals surface area (Å²) >= 11 is 7.83. The summed E-state index contributed by atoms with van der Waals surface area (Å²) < 4.78 is 5.94. The first-order valence-corrected chi connectivity index (χ1v) is 8.40. The quantitative estimate of drug-likeness (QED) is 0.530. The fourth-order valence-electron chi connectivity index (χ4n) is 6.87. The average Bonchev–Trinajstić information content (AvgIpc) is 2.93. The molecule has 6 aliphatic carbocycles. The molecule has 0 heterocycles. The van der Waals surface area contributed by atoms with Crippen molar-refractivity contribution in [3.8, 4) is 0 Å². The van der Waals surface area contributed by atoms with E-state index in [2.05, 4.69) is 31.9 Å². The van der Waals surface area contributed by atoms with Gasteiger partial charge in [-0.2, -0.15) is 0 Å². The Morgan fingerprint density at radius 1 is 1.18 bits per heavy atom. The standard InChI is InChI=1S/C13H14Br2O2/c1-3(16)17-13-9-5-2-4-6(7(5)12(13)15)10(13)11(14)8(4)9/h4-12H,2H2,1H3/t4-,5+,6-,7-,8+,9+,10-,11+,12+,13+/m0/s1. The number of esters is 1. The van der Waals surface area contributed by atoms with Gasteiger partial charge in [0.05, 0.1) is 4.83 Å². The summed E-state index contributed by atoms with van der Waals surface area (Å²) in [5, 5.41) is 0. The van der Waals surface area contributed by atoms with Crippen LogP contribution in [0.1, 0.15) is 13.3 Å². The van der Waals surface area contributed by atoms with Crippen LogP contribution in [-0.4, -0.2) is 21.2 Å². The lowest BCUT2D eigenvalue weighted by atomic mass is 9.69. The highest BCUT2D eigenvalue weighted by Gasteiger charge is 2.90. The summed E-state index contributed by atoms with van der Waals surface area (Å²) in [6.07, 6.45) is 1.40. The minimum absolute atomic E-state index is 0.0924. The second-order valence-electron chi connectivity index (χ2n) is 6.64. The minimum atomic E-state index is -0.155. The highest BCUT2D eigenvalue weighted by molar-refractivity contribution is 9.10. The van der Waals surface area contributed by atoms with E-state index in [0.29, 0.717) is 21.5 Å². The van der Waals surface area contributed by atoms with E-state index in [4.69, 9.17) is 4.74 Å². The van der Waals surface area contributed by atoms with Gasteiger partial charge >= 0.3 is 5.97 Å². The fourth-order valence-corrected chi connectivity index (χ4v) is 9.81. The summed E-state index contributed by atoms with van der Waals surface area (Å²) in [6.45, 7) is 1.57. The van der Waals surface area contributed by atoms with Crippen molar-refractivity contribution in [2.45, 2.75) is 28.6 Å². The van der Waals surface area contributed by atoms with E-state index in [0.717, 1.165) is 29.6 Å². The number of ether oxygens (including phenoxy) is 1. The summed E-state index contributed by atoms with van der Waals surface area (Å²) in [7, 11) is 0. The zero-order chi connectivity index (χ0) is 11.7. The van der Waals surface area contributed by atoms with E-state index in [1.807, 2.05) is 0 Å². The third kappa shape index (κ3) is 0.752. The summed E-state index contributed by atoms with van der Waals surface area (Å²) in [6, 6.07) is 0. The number of halogens is 2. The largest absolute Gasteiger partial charge is 0.457 e. The molecule has 6 bridgehead atoms. The molecule has 0 aromatic heterocycles. The maximum atomic E-state index is 11.5. The first-order chi connectivity index (χ1) is 8.09. The summed E-state index contributed by atoms with van der Waals surface area (Å²) in [5.74, 6) is 5.28. The van der Waals surface area contributed by atoms with Crippen molar-refractivity contribution in [2.24, 2.45) is 41.4 Å². The van der Waals surface area contributed by atoms with Gasteiger partial charge in [-0.3, -0.25) is 4.79 Å². The van der Waals surface area contributed by atoms with Gasteiger partial charge in [-0.05, 0) is 36.0 Å². The molecule has 0 saturated heterocycles. The molecule has 0 unspecified atom stereocenters. The highest BCUT2D eigenvalue weighted by Crippen LogP contribution is 2.86. The Kier molecular flexibility index (Phi) is 1.60. The van der Waals surface area contributed by atoms with Crippen LogP contribution in [0.4, 0.5) is 0 Å². The van der Waals surface area contributed by atoms with Gasteiger partial charge < -0.3 is 4.74 Å². The molecule has 92 valence electrons. The van der Waals surface area contributed by atoms with Gasteiger partial charge in [-0.1, -0.05) is 31.9 Å². The Balaban J connectivity index is 1.74. The molecule has 2 nitrogen and oxygen atoms in total. The van der Waals surface area contributed by atoms with Crippen LogP contribution in [0.3, 0.4) is 0 Å². The molecule has 6 fully saturated rings. The van der Waals surface area contributed by atoms with Gasteiger partial charge in [0.15, 0.2) is 0 Å². The van der Waals surface area contributed by atoms with Crippen molar-refractivity contribution in [3.05, 3.63) is 0 Å². The Morgan fingerprint density at radius 3 is 2.65 bits per heavy atom. The maximum Gasteiger partial charge on any atom is 0.303 e. The van der Waals surface area contributed by atoms with E-state index in [-0.39, 0.29) is 11.6 Å². The fraction of sp³-hybridized carbons (Fsp3) is 0.923. The molecule has 0 aliphatic heterocycles. The van der Waals surface area contributed by atoms with Gasteiger partial charge in [-0.25, -0.2) is 0 Å². The van der Waals surface area contributed by atoms with Gasteiger partial charge in [0.25, 0.3) is 0 Å². The third-order valence-electron chi connectivity index (χ3n) is 6.60. The molecule has 4 heteroatoms. The van der Waals surface area contributed by atoms with Crippen LogP contribution in [0.2, 0.25) is 0 Å². The number of hydrogen-bond acceptors (Lipinski definition) is 2. The van der Waals surface area contributed by atoms with Gasteiger partial charge in [-0.15, -0.1) is 0 Å². The van der Waals surface area contributed by atoms with E-state index in [1.165, 1.54) is 6.42 Å².